The van der Waals surface area contributed by atoms with Gasteiger partial charge in [0.2, 0.25) is 23.6 Å². The maximum atomic E-state index is 13.8. The number of hydrogen-bond acceptors (Lipinski definition) is 8. The zero-order valence-corrected chi connectivity index (χ0v) is 27.4. The zero-order chi connectivity index (χ0) is 35.1. The number of aromatic nitrogens is 1. The lowest BCUT2D eigenvalue weighted by atomic mass is 10.0. The van der Waals surface area contributed by atoms with Crippen LogP contribution in [0.1, 0.15) is 41.3 Å². The molecule has 0 radical (unpaired) electrons. The summed E-state index contributed by atoms with van der Waals surface area (Å²) in [6, 6.07) is 21.9. The summed E-state index contributed by atoms with van der Waals surface area (Å²) >= 11 is 0. The van der Waals surface area contributed by atoms with E-state index >= 15 is 0 Å². The molecule has 2 aliphatic heterocycles. The molecule has 3 atom stereocenters. The van der Waals surface area contributed by atoms with Gasteiger partial charge in [-0.2, -0.15) is 0 Å². The first-order valence-corrected chi connectivity index (χ1v) is 16.5. The van der Waals surface area contributed by atoms with Crippen molar-refractivity contribution < 1.29 is 33.2 Å². The Labute approximate surface area is 288 Å². The van der Waals surface area contributed by atoms with Crippen LogP contribution in [0.25, 0.3) is 11.3 Å². The largest absolute Gasteiger partial charge is 0.492 e. The summed E-state index contributed by atoms with van der Waals surface area (Å²) in [5.41, 5.74) is 1.21. The predicted molar refractivity (Wildman–Crippen MR) is 182 cm³/mol. The maximum Gasteiger partial charge on any atom is 0.257 e. The molecule has 13 heteroatoms. The molecular formula is C37H38N6O7. The molecule has 1 aromatic heterocycles. The minimum absolute atomic E-state index is 0.0787. The van der Waals surface area contributed by atoms with Crippen LogP contribution in [0.4, 0.5) is 0 Å². The summed E-state index contributed by atoms with van der Waals surface area (Å²) in [4.78, 5) is 67.6. The third-order valence-electron chi connectivity index (χ3n) is 8.71. The molecule has 1 spiro atoms. The second kappa shape index (κ2) is 15.1. The molecule has 5 N–H and O–H groups in total. The van der Waals surface area contributed by atoms with Gasteiger partial charge in [-0.15, -0.1) is 0 Å². The normalized spacial score (nSPS) is 21.2. The highest BCUT2D eigenvalue weighted by molar-refractivity contribution is 6.02. The van der Waals surface area contributed by atoms with Crippen molar-refractivity contribution in [1.29, 1.82) is 0 Å². The first kappa shape index (κ1) is 33.9. The lowest BCUT2D eigenvalue weighted by Gasteiger charge is -2.25. The van der Waals surface area contributed by atoms with Gasteiger partial charge in [-0.25, -0.2) is 0 Å². The summed E-state index contributed by atoms with van der Waals surface area (Å²) in [6.07, 6.45) is 2.44. The molecule has 1 aliphatic carbocycles. The molecule has 5 amide bonds. The molecule has 3 aliphatic rings. The molecule has 1 saturated carbocycles. The summed E-state index contributed by atoms with van der Waals surface area (Å²) in [5.74, 6) is -1.88. The summed E-state index contributed by atoms with van der Waals surface area (Å²) in [7, 11) is 0. The average molecular weight is 679 g/mol. The maximum absolute atomic E-state index is 13.8. The van der Waals surface area contributed by atoms with E-state index in [0.717, 1.165) is 5.56 Å². The number of fused-ring (bicyclic) bond motifs is 15. The SMILES string of the molecule is C[C@@H]1NC(=O)[C@@H](NC(=O)c2cnoc2-c2ccccc2)Cc2ccc(cc2)OCCNC(=O)C2(CC2)NC(=O)[C@@H](Cc2ccccc2)NC1=O. The fourth-order valence-corrected chi connectivity index (χ4v) is 5.70. The van der Waals surface area contributed by atoms with E-state index in [-0.39, 0.29) is 43.2 Å². The van der Waals surface area contributed by atoms with E-state index in [1.54, 1.807) is 48.5 Å². The lowest BCUT2D eigenvalue weighted by Crippen LogP contribution is -2.59. The molecule has 13 nitrogen and oxygen atoms in total. The number of nitrogens with one attached hydrogen (secondary N) is 5. The Morgan fingerprint density at radius 1 is 0.880 bits per heavy atom. The Balaban J connectivity index is 1.25. The van der Waals surface area contributed by atoms with Crippen LogP contribution in [0.3, 0.4) is 0 Å². The Hall–Kier alpha value is -5.98. The smallest absolute Gasteiger partial charge is 0.257 e. The first-order chi connectivity index (χ1) is 24.2. The molecule has 3 heterocycles. The fourth-order valence-electron chi connectivity index (χ4n) is 5.70. The van der Waals surface area contributed by atoms with Crippen LogP contribution in [0.2, 0.25) is 0 Å². The topological polar surface area (TPSA) is 181 Å². The molecule has 7 rings (SSSR count). The quantitative estimate of drug-likeness (QED) is 0.199. The standard InChI is InChI=1S/C37H38N6O7/c1-23-32(44)41-30(20-24-8-4-2-5-9-24)35(47)43-37(16-17-37)36(48)38-18-19-49-27-14-12-25(13-15-27)21-29(34(46)40-23)42-33(45)28-22-39-50-31(28)26-10-6-3-7-11-26/h2-15,22-23,29-30H,16-21H2,1H3,(H,38,48)(H,40,46)(H,41,44)(H,42,45)(H,43,47)/t23-,29-,30+/m0/s1. The number of carbonyl (C=O) groups is 5. The predicted octanol–water partition coefficient (Wildman–Crippen LogP) is 2.07. The molecule has 50 heavy (non-hydrogen) atoms. The zero-order valence-electron chi connectivity index (χ0n) is 27.4. The molecule has 0 unspecified atom stereocenters. The van der Waals surface area contributed by atoms with E-state index in [1.807, 2.05) is 36.4 Å². The molecule has 1 fully saturated rings. The molecule has 0 saturated heterocycles. The third kappa shape index (κ3) is 8.17. The molecular weight excluding hydrogens is 640 g/mol. The van der Waals surface area contributed by atoms with E-state index in [0.29, 0.717) is 29.7 Å². The Bertz CT molecular complexity index is 1840. The molecule has 2 bridgehead atoms. The van der Waals surface area contributed by atoms with Gasteiger partial charge in [-0.3, -0.25) is 24.0 Å². The van der Waals surface area contributed by atoms with Gasteiger partial charge in [-0.05, 0) is 43.0 Å². The van der Waals surface area contributed by atoms with Crippen LogP contribution in [-0.4, -0.2) is 71.5 Å². The summed E-state index contributed by atoms with van der Waals surface area (Å²) < 4.78 is 11.2. The fraction of sp³-hybridized carbons (Fsp3) is 0.297. The van der Waals surface area contributed by atoms with Gasteiger partial charge in [0.05, 0.1) is 12.7 Å². The van der Waals surface area contributed by atoms with E-state index in [1.165, 1.54) is 13.1 Å². The highest BCUT2D eigenvalue weighted by Gasteiger charge is 2.51. The molecule has 258 valence electrons. The third-order valence-corrected chi connectivity index (χ3v) is 8.71. The second-order valence-electron chi connectivity index (χ2n) is 12.5. The van der Waals surface area contributed by atoms with Crippen LogP contribution in [0.5, 0.6) is 5.75 Å². The minimum atomic E-state index is -1.11. The van der Waals surface area contributed by atoms with E-state index in [9.17, 15) is 24.0 Å². The van der Waals surface area contributed by atoms with Crippen molar-refractivity contribution in [2.24, 2.45) is 0 Å². The van der Waals surface area contributed by atoms with Gasteiger partial charge in [0.1, 0.15) is 41.6 Å². The number of ether oxygens (including phenoxy) is 1. The van der Waals surface area contributed by atoms with Crippen LogP contribution >= 0.6 is 0 Å². The Kier molecular flexibility index (Phi) is 10.2. The number of benzene rings is 3. The first-order valence-electron chi connectivity index (χ1n) is 16.5. The van der Waals surface area contributed by atoms with Crippen molar-refractivity contribution in [3.05, 3.63) is 108 Å². The monoisotopic (exact) mass is 678 g/mol. The van der Waals surface area contributed by atoms with E-state index in [4.69, 9.17) is 9.26 Å². The number of amides is 5. The van der Waals surface area contributed by atoms with Crippen molar-refractivity contribution in [2.75, 3.05) is 13.2 Å². The van der Waals surface area contributed by atoms with Crippen molar-refractivity contribution in [3.63, 3.8) is 0 Å². The van der Waals surface area contributed by atoms with Crippen molar-refractivity contribution in [1.82, 2.24) is 31.7 Å². The van der Waals surface area contributed by atoms with Gasteiger partial charge in [0.15, 0.2) is 5.76 Å². The lowest BCUT2D eigenvalue weighted by molar-refractivity contribution is -0.134. The van der Waals surface area contributed by atoms with Gasteiger partial charge in [0, 0.05) is 18.4 Å². The van der Waals surface area contributed by atoms with Crippen LogP contribution in [0, 0.1) is 0 Å². The number of nitrogens with zero attached hydrogens (tertiary/aromatic N) is 1. The van der Waals surface area contributed by atoms with Crippen molar-refractivity contribution in [2.45, 2.75) is 56.3 Å². The van der Waals surface area contributed by atoms with Crippen LogP contribution in [-0.2, 0) is 32.0 Å². The summed E-state index contributed by atoms with van der Waals surface area (Å²) in [6.45, 7) is 1.89. The highest BCUT2D eigenvalue weighted by Crippen LogP contribution is 2.35. The number of hydrogen-bond donors (Lipinski definition) is 5. The average Bonchev–Trinajstić information content (AvgIpc) is 3.74. The Morgan fingerprint density at radius 3 is 2.28 bits per heavy atom. The minimum Gasteiger partial charge on any atom is -0.492 e. The van der Waals surface area contributed by atoms with Crippen LogP contribution in [0.15, 0.2) is 95.6 Å². The molecule has 4 aromatic rings. The van der Waals surface area contributed by atoms with Gasteiger partial charge < -0.3 is 35.8 Å². The number of rotatable bonds is 5. The van der Waals surface area contributed by atoms with Crippen molar-refractivity contribution in [3.8, 4) is 17.1 Å². The van der Waals surface area contributed by atoms with Gasteiger partial charge >= 0.3 is 0 Å². The van der Waals surface area contributed by atoms with Crippen LogP contribution < -0.4 is 31.3 Å². The summed E-state index contributed by atoms with van der Waals surface area (Å²) in [5, 5.41) is 17.8. The van der Waals surface area contributed by atoms with Crippen molar-refractivity contribution >= 4 is 29.5 Å². The second-order valence-corrected chi connectivity index (χ2v) is 12.5. The van der Waals surface area contributed by atoms with Gasteiger partial charge in [0.25, 0.3) is 5.91 Å². The van der Waals surface area contributed by atoms with E-state index in [2.05, 4.69) is 31.7 Å². The van der Waals surface area contributed by atoms with Gasteiger partial charge in [-0.1, -0.05) is 78.0 Å². The van der Waals surface area contributed by atoms with E-state index < -0.39 is 47.3 Å². The Morgan fingerprint density at radius 2 is 1.58 bits per heavy atom. The highest BCUT2D eigenvalue weighted by atomic mass is 16.5. The molecule has 3 aromatic carbocycles. The number of carbonyl (C=O) groups excluding carboxylic acids is 5.